The summed E-state index contributed by atoms with van der Waals surface area (Å²) >= 11 is 5.90. The highest BCUT2D eigenvalue weighted by Crippen LogP contribution is 2.27. The van der Waals surface area contributed by atoms with Gasteiger partial charge < -0.3 is 19.8 Å². The molecule has 2 amide bonds. The third-order valence-corrected chi connectivity index (χ3v) is 8.50. The van der Waals surface area contributed by atoms with Crippen molar-refractivity contribution in [2.45, 2.75) is 30.3 Å². The van der Waals surface area contributed by atoms with Crippen molar-refractivity contribution in [1.82, 2.24) is 14.9 Å². The molecule has 0 aliphatic carbocycles. The van der Waals surface area contributed by atoms with E-state index >= 15 is 0 Å². The average molecular weight is 546 g/mol. The molecule has 0 unspecified atom stereocenters. The van der Waals surface area contributed by atoms with Crippen molar-refractivity contribution in [2.75, 3.05) is 20.2 Å². The summed E-state index contributed by atoms with van der Waals surface area (Å²) in [5.74, 6) is 0.0324. The Bertz CT molecular complexity index is 1320. The normalized spacial score (nSPS) is 15.6. The van der Waals surface area contributed by atoms with Gasteiger partial charge in [-0.25, -0.2) is 8.42 Å². The number of benzene rings is 2. The molecule has 0 spiro atoms. The number of hydrogen-bond acceptors (Lipinski definition) is 6. The molecule has 1 aromatic heterocycles. The van der Waals surface area contributed by atoms with Gasteiger partial charge in [-0.05, 0) is 73.4 Å². The molecular weight excluding hydrogens is 518 g/mol. The molecule has 2 heterocycles. The number of halogens is 1. The van der Waals surface area contributed by atoms with Crippen LogP contribution in [0.2, 0.25) is 5.02 Å². The molecule has 1 atom stereocenters. The molecule has 0 saturated carbocycles. The second-order valence-corrected chi connectivity index (χ2v) is 11.1. The van der Waals surface area contributed by atoms with E-state index in [2.05, 4.69) is 10.6 Å². The largest absolute Gasteiger partial charge is 0.497 e. The second-order valence-electron chi connectivity index (χ2n) is 8.68. The van der Waals surface area contributed by atoms with E-state index < -0.39 is 22.0 Å². The highest BCUT2D eigenvalue weighted by Gasteiger charge is 2.36. The van der Waals surface area contributed by atoms with Gasteiger partial charge in [0.15, 0.2) is 0 Å². The lowest BCUT2D eigenvalue weighted by molar-refractivity contribution is -0.124. The SMILES string of the molecule is COc1cccc(C(=O)N[C@H](C(=O)NCc2ccco2)C2CCN(S(=O)(=O)c3ccc(Cl)cc3)CC2)c1. The Balaban J connectivity index is 1.48. The Morgan fingerprint density at radius 2 is 1.84 bits per heavy atom. The summed E-state index contributed by atoms with van der Waals surface area (Å²) in [7, 11) is -2.19. The molecule has 2 aromatic carbocycles. The number of nitrogens with one attached hydrogen (secondary N) is 2. The number of carbonyl (C=O) groups excluding carboxylic acids is 2. The van der Waals surface area contributed by atoms with Crippen LogP contribution in [0.4, 0.5) is 0 Å². The van der Waals surface area contributed by atoms with Crippen LogP contribution in [-0.4, -0.2) is 50.8 Å². The van der Waals surface area contributed by atoms with E-state index in [1.807, 2.05) is 0 Å². The number of piperidine rings is 1. The number of rotatable bonds is 9. The maximum absolute atomic E-state index is 13.2. The van der Waals surface area contributed by atoms with Crippen LogP contribution in [0.15, 0.2) is 76.2 Å². The minimum Gasteiger partial charge on any atom is -0.497 e. The Labute approximate surface area is 220 Å². The van der Waals surface area contributed by atoms with Crippen molar-refractivity contribution in [3.63, 3.8) is 0 Å². The number of furan rings is 1. The molecule has 3 aromatic rings. The number of ether oxygens (including phenoxy) is 1. The smallest absolute Gasteiger partial charge is 0.252 e. The Morgan fingerprint density at radius 1 is 1.11 bits per heavy atom. The third kappa shape index (κ3) is 6.51. The first-order valence-corrected chi connectivity index (χ1v) is 13.6. The summed E-state index contributed by atoms with van der Waals surface area (Å²) in [4.78, 5) is 26.4. The Kier molecular flexibility index (Phi) is 8.52. The minimum absolute atomic E-state index is 0.161. The second kappa shape index (κ2) is 11.8. The quantitative estimate of drug-likeness (QED) is 0.425. The van der Waals surface area contributed by atoms with Crippen LogP contribution in [0.1, 0.15) is 29.0 Å². The van der Waals surface area contributed by atoms with E-state index in [1.54, 1.807) is 36.4 Å². The van der Waals surface area contributed by atoms with Crippen LogP contribution >= 0.6 is 11.6 Å². The first-order valence-electron chi connectivity index (χ1n) is 11.8. The monoisotopic (exact) mass is 545 g/mol. The standard InChI is InChI=1S/C26H28ClN3O6S/c1-35-21-5-2-4-19(16-21)25(31)29-24(26(32)28-17-22-6-3-15-36-22)18-11-13-30(14-12-18)37(33,34)23-9-7-20(27)8-10-23/h2-10,15-16,18,24H,11-14,17H2,1H3,(H,28,32)(H,29,31)/t24-/m0/s1. The molecule has 1 fully saturated rings. The zero-order valence-corrected chi connectivity index (χ0v) is 21.8. The van der Waals surface area contributed by atoms with E-state index in [0.29, 0.717) is 34.9 Å². The van der Waals surface area contributed by atoms with Crippen molar-refractivity contribution in [3.8, 4) is 5.75 Å². The summed E-state index contributed by atoms with van der Waals surface area (Å²) in [6.45, 7) is 0.598. The fraction of sp³-hybridized carbons (Fsp3) is 0.308. The van der Waals surface area contributed by atoms with Gasteiger partial charge in [0.25, 0.3) is 5.91 Å². The van der Waals surface area contributed by atoms with Crippen molar-refractivity contribution < 1.29 is 27.2 Å². The minimum atomic E-state index is -3.70. The van der Waals surface area contributed by atoms with Crippen molar-refractivity contribution in [2.24, 2.45) is 5.92 Å². The maximum Gasteiger partial charge on any atom is 0.252 e. The van der Waals surface area contributed by atoms with Gasteiger partial charge in [0.2, 0.25) is 15.9 Å². The highest BCUT2D eigenvalue weighted by molar-refractivity contribution is 7.89. The zero-order chi connectivity index (χ0) is 26.4. The van der Waals surface area contributed by atoms with E-state index in [-0.39, 0.29) is 36.4 Å². The predicted octanol–water partition coefficient (Wildman–Crippen LogP) is 3.46. The predicted molar refractivity (Wildman–Crippen MR) is 138 cm³/mol. The van der Waals surface area contributed by atoms with Gasteiger partial charge in [-0.3, -0.25) is 9.59 Å². The molecule has 1 aliphatic heterocycles. The topological polar surface area (TPSA) is 118 Å². The average Bonchev–Trinajstić information content (AvgIpc) is 3.44. The lowest BCUT2D eigenvalue weighted by atomic mass is 9.89. The van der Waals surface area contributed by atoms with Gasteiger partial charge in [0.05, 0.1) is 24.8 Å². The molecular formula is C26H28ClN3O6S. The molecule has 9 nitrogen and oxygen atoms in total. The Morgan fingerprint density at radius 3 is 2.49 bits per heavy atom. The van der Waals surface area contributed by atoms with E-state index in [9.17, 15) is 18.0 Å². The molecule has 0 radical (unpaired) electrons. The van der Waals surface area contributed by atoms with Gasteiger partial charge in [-0.1, -0.05) is 17.7 Å². The van der Waals surface area contributed by atoms with Crippen LogP contribution in [0.3, 0.4) is 0 Å². The molecule has 1 saturated heterocycles. The van der Waals surface area contributed by atoms with Gasteiger partial charge in [0.1, 0.15) is 17.6 Å². The van der Waals surface area contributed by atoms with Crippen LogP contribution in [0.25, 0.3) is 0 Å². The van der Waals surface area contributed by atoms with Crippen molar-refractivity contribution in [3.05, 3.63) is 83.3 Å². The van der Waals surface area contributed by atoms with Crippen LogP contribution in [-0.2, 0) is 21.4 Å². The maximum atomic E-state index is 13.2. The number of carbonyl (C=O) groups is 2. The van der Waals surface area contributed by atoms with Crippen molar-refractivity contribution in [1.29, 1.82) is 0 Å². The number of nitrogens with zero attached hydrogens (tertiary/aromatic N) is 1. The molecule has 11 heteroatoms. The fourth-order valence-electron chi connectivity index (χ4n) is 4.29. The molecule has 4 rings (SSSR count). The molecule has 2 N–H and O–H groups in total. The zero-order valence-electron chi connectivity index (χ0n) is 20.2. The summed E-state index contributed by atoms with van der Waals surface area (Å²) in [5.41, 5.74) is 0.353. The fourth-order valence-corrected chi connectivity index (χ4v) is 5.88. The summed E-state index contributed by atoms with van der Waals surface area (Å²) < 4.78 is 38.0. The molecule has 1 aliphatic rings. The van der Waals surface area contributed by atoms with Gasteiger partial charge in [-0.15, -0.1) is 0 Å². The highest BCUT2D eigenvalue weighted by atomic mass is 35.5. The molecule has 0 bridgehead atoms. The molecule has 37 heavy (non-hydrogen) atoms. The third-order valence-electron chi connectivity index (χ3n) is 6.34. The van der Waals surface area contributed by atoms with Gasteiger partial charge >= 0.3 is 0 Å². The lowest BCUT2D eigenvalue weighted by Crippen LogP contribution is -2.53. The van der Waals surface area contributed by atoms with E-state index in [0.717, 1.165) is 0 Å². The number of amides is 2. The van der Waals surface area contributed by atoms with Gasteiger partial charge in [0, 0.05) is 23.7 Å². The summed E-state index contributed by atoms with van der Waals surface area (Å²) in [6, 6.07) is 15.3. The summed E-state index contributed by atoms with van der Waals surface area (Å²) in [6.07, 6.45) is 2.30. The lowest BCUT2D eigenvalue weighted by Gasteiger charge is -2.35. The first-order chi connectivity index (χ1) is 17.8. The van der Waals surface area contributed by atoms with Crippen molar-refractivity contribution >= 4 is 33.4 Å². The number of methoxy groups -OCH3 is 1. The van der Waals surface area contributed by atoms with Crippen LogP contribution < -0.4 is 15.4 Å². The number of sulfonamides is 1. The van der Waals surface area contributed by atoms with Crippen LogP contribution in [0, 0.1) is 5.92 Å². The van der Waals surface area contributed by atoms with E-state index in [4.69, 9.17) is 20.8 Å². The van der Waals surface area contributed by atoms with Crippen LogP contribution in [0.5, 0.6) is 5.75 Å². The van der Waals surface area contributed by atoms with Gasteiger partial charge in [-0.2, -0.15) is 4.31 Å². The first kappa shape index (κ1) is 26.7. The Hall–Kier alpha value is -3.34. The molecule has 196 valence electrons. The number of hydrogen-bond donors (Lipinski definition) is 2. The van der Waals surface area contributed by atoms with E-state index in [1.165, 1.54) is 41.9 Å². The summed E-state index contributed by atoms with van der Waals surface area (Å²) in [5, 5.41) is 6.13.